The summed E-state index contributed by atoms with van der Waals surface area (Å²) < 4.78 is 0. The number of nitro benzene ring substituents is 1. The Labute approximate surface area is 166 Å². The van der Waals surface area contributed by atoms with Crippen molar-refractivity contribution >= 4 is 11.6 Å². The minimum atomic E-state index is -0.551. The Kier molecular flexibility index (Phi) is 8.14. The molecular weight excluding hydrogens is 354 g/mol. The molecule has 0 saturated heterocycles. The second kappa shape index (κ2) is 10.6. The van der Waals surface area contributed by atoms with Gasteiger partial charge in [0.2, 0.25) is 5.91 Å². The van der Waals surface area contributed by atoms with Gasteiger partial charge in [0.05, 0.1) is 10.5 Å². The molecule has 0 atom stereocenters. The highest BCUT2D eigenvalue weighted by Crippen LogP contribution is 2.36. The van der Waals surface area contributed by atoms with Crippen LogP contribution in [0.2, 0.25) is 0 Å². The number of unbranched alkanes of at least 4 members (excludes halogenated alkanes) is 2. The second-order valence-corrected chi connectivity index (χ2v) is 6.81. The SMILES string of the molecule is CCN(CC)CCCCCc1c(C(N)=O)ccc([N+](=O)[O-])c1-c1ccccc1. The summed E-state index contributed by atoms with van der Waals surface area (Å²) in [4.78, 5) is 25.6. The second-order valence-electron chi connectivity index (χ2n) is 6.81. The zero-order chi connectivity index (χ0) is 20.5. The maximum Gasteiger partial charge on any atom is 0.277 e. The molecule has 2 N–H and O–H groups in total. The number of hydrogen-bond donors (Lipinski definition) is 1. The number of benzene rings is 2. The van der Waals surface area contributed by atoms with Gasteiger partial charge in [-0.3, -0.25) is 14.9 Å². The van der Waals surface area contributed by atoms with Gasteiger partial charge < -0.3 is 10.6 Å². The zero-order valence-electron chi connectivity index (χ0n) is 16.7. The number of amides is 1. The quantitative estimate of drug-likeness (QED) is 0.353. The fourth-order valence-corrected chi connectivity index (χ4v) is 3.56. The van der Waals surface area contributed by atoms with Gasteiger partial charge in [-0.05, 0) is 56.1 Å². The van der Waals surface area contributed by atoms with Crippen LogP contribution in [0.25, 0.3) is 11.1 Å². The van der Waals surface area contributed by atoms with E-state index in [0.29, 0.717) is 23.1 Å². The Morgan fingerprint density at radius 2 is 1.71 bits per heavy atom. The number of carbonyl (C=O) groups is 1. The van der Waals surface area contributed by atoms with Crippen molar-refractivity contribution in [2.45, 2.75) is 39.5 Å². The van der Waals surface area contributed by atoms with E-state index in [0.717, 1.165) is 44.5 Å². The molecule has 0 aliphatic carbocycles. The molecule has 0 fully saturated rings. The average Bonchev–Trinajstić information content (AvgIpc) is 2.70. The Bertz CT molecular complexity index is 802. The highest BCUT2D eigenvalue weighted by atomic mass is 16.6. The molecule has 28 heavy (non-hydrogen) atoms. The lowest BCUT2D eigenvalue weighted by Crippen LogP contribution is -2.23. The minimum Gasteiger partial charge on any atom is -0.366 e. The van der Waals surface area contributed by atoms with Gasteiger partial charge in [0.25, 0.3) is 5.69 Å². The van der Waals surface area contributed by atoms with Crippen molar-refractivity contribution in [1.82, 2.24) is 4.90 Å². The summed E-state index contributed by atoms with van der Waals surface area (Å²) in [5.74, 6) is -0.551. The van der Waals surface area contributed by atoms with E-state index >= 15 is 0 Å². The van der Waals surface area contributed by atoms with Gasteiger partial charge in [-0.15, -0.1) is 0 Å². The molecule has 1 amide bonds. The van der Waals surface area contributed by atoms with Crippen molar-refractivity contribution < 1.29 is 9.72 Å². The molecule has 0 aliphatic rings. The Morgan fingerprint density at radius 1 is 1.04 bits per heavy atom. The van der Waals surface area contributed by atoms with Gasteiger partial charge in [0.1, 0.15) is 0 Å². The zero-order valence-corrected chi connectivity index (χ0v) is 16.7. The fraction of sp³-hybridized carbons (Fsp3) is 0.409. The Morgan fingerprint density at radius 3 is 2.29 bits per heavy atom. The first-order valence-electron chi connectivity index (χ1n) is 9.87. The van der Waals surface area contributed by atoms with Gasteiger partial charge >= 0.3 is 0 Å². The molecule has 6 heteroatoms. The van der Waals surface area contributed by atoms with Gasteiger partial charge in [0, 0.05) is 11.6 Å². The minimum absolute atomic E-state index is 0.00865. The maximum atomic E-state index is 12.0. The van der Waals surface area contributed by atoms with Gasteiger partial charge in [0.15, 0.2) is 0 Å². The van der Waals surface area contributed by atoms with Crippen LogP contribution in [0, 0.1) is 10.1 Å². The van der Waals surface area contributed by atoms with Crippen molar-refractivity contribution in [2.75, 3.05) is 19.6 Å². The lowest BCUT2D eigenvalue weighted by Gasteiger charge is -2.18. The number of nitrogens with two attached hydrogens (primary N) is 1. The number of primary amides is 1. The van der Waals surface area contributed by atoms with E-state index < -0.39 is 10.8 Å². The average molecular weight is 383 g/mol. The molecule has 0 heterocycles. The molecular formula is C22H29N3O3. The maximum absolute atomic E-state index is 12.0. The number of nitro groups is 1. The third-order valence-electron chi connectivity index (χ3n) is 5.11. The molecule has 0 saturated carbocycles. The summed E-state index contributed by atoms with van der Waals surface area (Å²) in [6.07, 6.45) is 3.49. The van der Waals surface area contributed by atoms with Crippen LogP contribution in [0.15, 0.2) is 42.5 Å². The highest BCUT2D eigenvalue weighted by Gasteiger charge is 2.23. The molecule has 2 aromatic carbocycles. The standard InChI is InChI=1S/C22H29N3O3/c1-3-24(4-2)16-10-6-9-13-18-19(22(23)26)14-15-20(25(27)28)21(18)17-11-7-5-8-12-17/h5,7-8,11-12,14-15H,3-4,6,9-10,13,16H2,1-2H3,(H2,23,26). The van der Waals surface area contributed by atoms with Crippen molar-refractivity contribution in [3.05, 3.63) is 63.7 Å². The van der Waals surface area contributed by atoms with E-state index in [2.05, 4.69) is 18.7 Å². The topological polar surface area (TPSA) is 89.5 Å². The first-order chi connectivity index (χ1) is 13.5. The summed E-state index contributed by atoms with van der Waals surface area (Å²) in [5, 5.41) is 11.6. The van der Waals surface area contributed by atoms with Crippen LogP contribution in [0.1, 0.15) is 49.0 Å². The molecule has 2 aromatic rings. The smallest absolute Gasteiger partial charge is 0.277 e. The first-order valence-corrected chi connectivity index (χ1v) is 9.87. The number of carbonyl (C=O) groups excluding carboxylic acids is 1. The largest absolute Gasteiger partial charge is 0.366 e. The molecule has 6 nitrogen and oxygen atoms in total. The summed E-state index contributed by atoms with van der Waals surface area (Å²) in [5.41, 5.74) is 7.87. The van der Waals surface area contributed by atoms with Crippen molar-refractivity contribution in [3.8, 4) is 11.1 Å². The molecule has 0 bridgehead atoms. The van der Waals surface area contributed by atoms with E-state index in [9.17, 15) is 14.9 Å². The van der Waals surface area contributed by atoms with Crippen LogP contribution in [0.4, 0.5) is 5.69 Å². The number of nitrogens with zero attached hydrogens (tertiary/aromatic N) is 2. The summed E-state index contributed by atoms with van der Waals surface area (Å²) in [6, 6.07) is 12.1. The fourth-order valence-electron chi connectivity index (χ4n) is 3.56. The van der Waals surface area contributed by atoms with Crippen LogP contribution >= 0.6 is 0 Å². The molecule has 0 unspecified atom stereocenters. The van der Waals surface area contributed by atoms with Crippen LogP contribution in [-0.2, 0) is 6.42 Å². The third-order valence-corrected chi connectivity index (χ3v) is 5.11. The molecule has 150 valence electrons. The van der Waals surface area contributed by atoms with Gasteiger partial charge in [-0.2, -0.15) is 0 Å². The third kappa shape index (κ3) is 5.39. The lowest BCUT2D eigenvalue weighted by atomic mass is 9.90. The highest BCUT2D eigenvalue weighted by molar-refractivity contribution is 5.98. The normalized spacial score (nSPS) is 11.0. The van der Waals surface area contributed by atoms with Crippen molar-refractivity contribution in [1.29, 1.82) is 0 Å². The monoisotopic (exact) mass is 383 g/mol. The van der Waals surface area contributed by atoms with E-state index in [4.69, 9.17) is 5.73 Å². The van der Waals surface area contributed by atoms with Crippen LogP contribution in [0.3, 0.4) is 0 Å². The molecule has 0 aromatic heterocycles. The molecule has 0 spiro atoms. The molecule has 0 radical (unpaired) electrons. The lowest BCUT2D eigenvalue weighted by molar-refractivity contribution is -0.384. The van der Waals surface area contributed by atoms with E-state index in [1.54, 1.807) is 0 Å². The van der Waals surface area contributed by atoms with Crippen molar-refractivity contribution in [3.63, 3.8) is 0 Å². The molecule has 0 aliphatic heterocycles. The Hall–Kier alpha value is -2.73. The van der Waals surface area contributed by atoms with E-state index in [1.807, 2.05) is 30.3 Å². The summed E-state index contributed by atoms with van der Waals surface area (Å²) >= 11 is 0. The van der Waals surface area contributed by atoms with Crippen molar-refractivity contribution in [2.24, 2.45) is 5.73 Å². The van der Waals surface area contributed by atoms with Gasteiger partial charge in [-0.1, -0.05) is 50.6 Å². The predicted molar refractivity (Wildman–Crippen MR) is 112 cm³/mol. The number of rotatable bonds is 11. The van der Waals surface area contributed by atoms with Crippen LogP contribution < -0.4 is 5.73 Å². The van der Waals surface area contributed by atoms with E-state index in [-0.39, 0.29) is 5.69 Å². The van der Waals surface area contributed by atoms with Gasteiger partial charge in [-0.25, -0.2) is 0 Å². The molecule has 2 rings (SSSR count). The summed E-state index contributed by atoms with van der Waals surface area (Å²) in [7, 11) is 0. The Balaban J connectivity index is 2.31. The predicted octanol–water partition coefficient (Wildman–Crippen LogP) is 4.42. The number of hydrogen-bond acceptors (Lipinski definition) is 4. The summed E-state index contributed by atoms with van der Waals surface area (Å²) in [6.45, 7) is 7.41. The van der Waals surface area contributed by atoms with Crippen LogP contribution in [-0.4, -0.2) is 35.4 Å². The van der Waals surface area contributed by atoms with Crippen LogP contribution in [0.5, 0.6) is 0 Å². The first kappa shape index (κ1) is 21.6. The van der Waals surface area contributed by atoms with E-state index in [1.165, 1.54) is 12.1 Å².